The van der Waals surface area contributed by atoms with Crippen molar-refractivity contribution in [2.45, 2.75) is 25.5 Å². The molecule has 1 unspecified atom stereocenters. The molecule has 3 amide bonds. The molecule has 2 aliphatic heterocycles. The van der Waals surface area contributed by atoms with E-state index in [1.807, 2.05) is 30.3 Å². The molecule has 0 saturated carbocycles. The van der Waals surface area contributed by atoms with Crippen LogP contribution >= 0.6 is 0 Å². The first-order valence-corrected chi connectivity index (χ1v) is 15.0. The van der Waals surface area contributed by atoms with Gasteiger partial charge in [0.25, 0.3) is 5.91 Å². The van der Waals surface area contributed by atoms with Gasteiger partial charge in [-0.15, -0.1) is 0 Å². The lowest BCUT2D eigenvalue weighted by Gasteiger charge is -2.26. The average molecular weight is 615 g/mol. The number of nitrogens with zero attached hydrogens (tertiary/aromatic N) is 4. The number of benzene rings is 3. The van der Waals surface area contributed by atoms with Gasteiger partial charge < -0.3 is 24.2 Å². The van der Waals surface area contributed by atoms with E-state index in [2.05, 4.69) is 9.88 Å². The summed E-state index contributed by atoms with van der Waals surface area (Å²) in [6.07, 6.45) is 2.73. The Kier molecular flexibility index (Phi) is 9.20. The van der Waals surface area contributed by atoms with Crippen molar-refractivity contribution >= 4 is 28.5 Å². The maximum atomic E-state index is 15.4. The Hall–Kier alpha value is -4.58. The number of likely N-dealkylation sites (N-methyl/N-ethyl adjacent to an activating group) is 1. The molecule has 1 aromatic heterocycles. The molecule has 45 heavy (non-hydrogen) atoms. The second-order valence-electron chi connectivity index (χ2n) is 11.1. The van der Waals surface area contributed by atoms with Gasteiger partial charge >= 0.3 is 6.03 Å². The molecule has 1 N–H and O–H groups in total. The Labute approximate surface area is 260 Å². The quantitative estimate of drug-likeness (QED) is 0.190. The molecular weight excluding hydrogens is 579 g/mol. The van der Waals surface area contributed by atoms with Crippen molar-refractivity contribution in [2.75, 3.05) is 51.4 Å². The Morgan fingerprint density at radius 2 is 1.80 bits per heavy atom. The summed E-state index contributed by atoms with van der Waals surface area (Å²) in [5, 5.41) is 10.6. The number of carbonyl (C=O) groups is 2. The van der Waals surface area contributed by atoms with Crippen LogP contribution in [0.3, 0.4) is 0 Å². The fourth-order valence-corrected chi connectivity index (χ4v) is 5.66. The van der Waals surface area contributed by atoms with E-state index in [0.29, 0.717) is 41.0 Å². The van der Waals surface area contributed by atoms with Gasteiger partial charge in [-0.25, -0.2) is 14.1 Å². The zero-order valence-corrected chi connectivity index (χ0v) is 25.0. The standard InChI is InChI=1S/C34H35FN4O6/c1-37-29(18-23-6-3-2-4-7-23)33(41)39(34(37)42)25-8-9-31(27(35)20-25)45-30-10-11-36-28-21-32(24(22-40)19-26(28)30)44-15-5-12-38-13-16-43-17-14-38/h2-4,6-11,19-21,29,40H,5,12-18,22H2,1H3. The average Bonchev–Trinajstić information content (AvgIpc) is 3.27. The van der Waals surface area contributed by atoms with Gasteiger partial charge in [0.15, 0.2) is 11.6 Å². The minimum atomic E-state index is -0.741. The third-order valence-corrected chi connectivity index (χ3v) is 8.17. The Bertz CT molecular complexity index is 1680. The monoisotopic (exact) mass is 614 g/mol. The van der Waals surface area contributed by atoms with Crippen LogP contribution in [-0.2, 0) is 22.6 Å². The van der Waals surface area contributed by atoms with Gasteiger partial charge in [0.1, 0.15) is 17.5 Å². The fourth-order valence-electron chi connectivity index (χ4n) is 5.66. The molecule has 4 aromatic rings. The van der Waals surface area contributed by atoms with Gasteiger partial charge in [0.2, 0.25) is 0 Å². The number of anilines is 1. The third-order valence-electron chi connectivity index (χ3n) is 8.17. The molecule has 0 aliphatic carbocycles. The predicted molar refractivity (Wildman–Crippen MR) is 166 cm³/mol. The summed E-state index contributed by atoms with van der Waals surface area (Å²) < 4.78 is 32.8. The number of morpholine rings is 1. The van der Waals surface area contributed by atoms with Crippen molar-refractivity contribution in [1.82, 2.24) is 14.8 Å². The van der Waals surface area contributed by atoms with Gasteiger partial charge in [-0.05, 0) is 36.2 Å². The summed E-state index contributed by atoms with van der Waals surface area (Å²) in [4.78, 5) is 35.4. The van der Waals surface area contributed by atoms with Crippen LogP contribution in [0.4, 0.5) is 14.9 Å². The van der Waals surface area contributed by atoms with E-state index < -0.39 is 23.8 Å². The zero-order valence-electron chi connectivity index (χ0n) is 25.0. The van der Waals surface area contributed by atoms with Crippen LogP contribution in [0.1, 0.15) is 17.5 Å². The summed E-state index contributed by atoms with van der Waals surface area (Å²) in [5.74, 6) is -0.391. The molecule has 0 radical (unpaired) electrons. The van der Waals surface area contributed by atoms with Crippen molar-refractivity contribution in [2.24, 2.45) is 0 Å². The first-order valence-electron chi connectivity index (χ1n) is 15.0. The Morgan fingerprint density at radius 1 is 1.00 bits per heavy atom. The van der Waals surface area contributed by atoms with Gasteiger partial charge in [-0.1, -0.05) is 30.3 Å². The number of hydrogen-bond donors (Lipinski definition) is 1. The fraction of sp³-hybridized carbons (Fsp3) is 0.324. The first kappa shape index (κ1) is 30.4. The lowest BCUT2D eigenvalue weighted by Crippen LogP contribution is -2.37. The molecule has 2 saturated heterocycles. The van der Waals surface area contributed by atoms with Crippen molar-refractivity contribution < 1.29 is 33.3 Å². The Balaban J connectivity index is 1.16. The summed E-state index contributed by atoms with van der Waals surface area (Å²) in [5.41, 5.74) is 2.16. The lowest BCUT2D eigenvalue weighted by atomic mass is 10.1. The molecule has 234 valence electrons. The Morgan fingerprint density at radius 3 is 2.56 bits per heavy atom. The molecule has 10 nitrogen and oxygen atoms in total. The second-order valence-corrected chi connectivity index (χ2v) is 11.1. The number of carbonyl (C=O) groups excluding carboxylic acids is 2. The predicted octanol–water partition coefficient (Wildman–Crippen LogP) is 4.77. The van der Waals surface area contributed by atoms with Crippen molar-refractivity contribution in [1.29, 1.82) is 0 Å². The number of pyridine rings is 1. The molecule has 6 rings (SSSR count). The molecule has 2 fully saturated rings. The SMILES string of the molecule is CN1C(=O)N(c2ccc(Oc3ccnc4cc(OCCCN5CCOCC5)c(CO)cc34)c(F)c2)C(=O)C1Cc1ccccc1. The van der Waals surface area contributed by atoms with Gasteiger partial charge in [-0.2, -0.15) is 0 Å². The number of hydrogen-bond acceptors (Lipinski definition) is 8. The summed E-state index contributed by atoms with van der Waals surface area (Å²) in [6.45, 7) is 4.43. The number of imide groups is 1. The van der Waals surface area contributed by atoms with E-state index in [1.165, 1.54) is 17.0 Å². The molecule has 2 aliphatic rings. The van der Waals surface area contributed by atoms with Crippen LogP contribution in [0.5, 0.6) is 17.2 Å². The molecule has 0 spiro atoms. The van der Waals surface area contributed by atoms with Gasteiger partial charge in [0.05, 0.1) is 37.6 Å². The van der Waals surface area contributed by atoms with E-state index in [4.69, 9.17) is 14.2 Å². The number of halogens is 1. The van der Waals surface area contributed by atoms with Crippen LogP contribution in [0.25, 0.3) is 10.9 Å². The van der Waals surface area contributed by atoms with Crippen molar-refractivity contribution in [3.63, 3.8) is 0 Å². The smallest absolute Gasteiger partial charge is 0.331 e. The first-order chi connectivity index (χ1) is 21.9. The van der Waals surface area contributed by atoms with E-state index >= 15 is 4.39 Å². The second kappa shape index (κ2) is 13.6. The third kappa shape index (κ3) is 6.60. The highest BCUT2D eigenvalue weighted by molar-refractivity contribution is 6.21. The number of aromatic nitrogens is 1. The number of urea groups is 1. The minimum Gasteiger partial charge on any atom is -0.493 e. The topological polar surface area (TPSA) is 105 Å². The van der Waals surface area contributed by atoms with E-state index in [1.54, 1.807) is 31.4 Å². The van der Waals surface area contributed by atoms with Crippen molar-refractivity contribution in [3.8, 4) is 17.2 Å². The molecule has 1 atom stereocenters. The normalized spacial score (nSPS) is 17.4. The molecule has 0 bridgehead atoms. The van der Waals surface area contributed by atoms with E-state index in [9.17, 15) is 14.7 Å². The van der Waals surface area contributed by atoms with Gasteiger partial charge in [-0.3, -0.25) is 14.7 Å². The van der Waals surface area contributed by atoms with E-state index in [-0.39, 0.29) is 18.0 Å². The molecule has 3 aromatic carbocycles. The largest absolute Gasteiger partial charge is 0.493 e. The molecular formula is C34H35FN4O6. The van der Waals surface area contributed by atoms with Gasteiger partial charge in [0, 0.05) is 62.4 Å². The van der Waals surface area contributed by atoms with Crippen LogP contribution < -0.4 is 14.4 Å². The number of aliphatic hydroxyl groups is 1. The molecule has 3 heterocycles. The summed E-state index contributed by atoms with van der Waals surface area (Å²) in [6, 6.07) is 17.3. The maximum absolute atomic E-state index is 15.4. The van der Waals surface area contributed by atoms with Crippen LogP contribution in [0.15, 0.2) is 72.9 Å². The number of fused-ring (bicyclic) bond motifs is 1. The highest BCUT2D eigenvalue weighted by atomic mass is 19.1. The number of aliphatic hydroxyl groups excluding tert-OH is 1. The van der Waals surface area contributed by atoms with Crippen LogP contribution in [-0.4, -0.2) is 84.4 Å². The van der Waals surface area contributed by atoms with E-state index in [0.717, 1.165) is 55.8 Å². The molecule has 11 heteroatoms. The highest BCUT2D eigenvalue weighted by Gasteiger charge is 2.44. The number of rotatable bonds is 11. The summed E-state index contributed by atoms with van der Waals surface area (Å²) in [7, 11) is 1.57. The van der Waals surface area contributed by atoms with Crippen LogP contribution in [0, 0.1) is 5.82 Å². The summed E-state index contributed by atoms with van der Waals surface area (Å²) >= 11 is 0. The highest BCUT2D eigenvalue weighted by Crippen LogP contribution is 2.36. The van der Waals surface area contributed by atoms with Crippen molar-refractivity contribution in [3.05, 3.63) is 89.9 Å². The van der Waals surface area contributed by atoms with Crippen LogP contribution in [0.2, 0.25) is 0 Å². The zero-order chi connectivity index (χ0) is 31.3. The number of ether oxygens (including phenoxy) is 3. The minimum absolute atomic E-state index is 0.0893. The lowest BCUT2D eigenvalue weighted by molar-refractivity contribution is -0.119. The number of amides is 3. The maximum Gasteiger partial charge on any atom is 0.331 e.